The largest absolute Gasteiger partial charge is 0.573 e. The summed E-state index contributed by atoms with van der Waals surface area (Å²) in [7, 11) is 1.48. The van der Waals surface area contributed by atoms with Crippen molar-refractivity contribution < 1.29 is 135 Å². The highest BCUT2D eigenvalue weighted by Crippen LogP contribution is 2.51. The number of phenols is 3. The second-order valence-corrected chi connectivity index (χ2v) is 33.4. The minimum absolute atomic E-state index is 0.101. The van der Waals surface area contributed by atoms with Gasteiger partial charge < -0.3 is 133 Å². The van der Waals surface area contributed by atoms with Crippen molar-refractivity contribution in [2.75, 3.05) is 64.8 Å². The topological polar surface area (TPSA) is 577 Å². The van der Waals surface area contributed by atoms with Crippen LogP contribution in [-0.2, 0) is 52.6 Å². The van der Waals surface area contributed by atoms with Gasteiger partial charge in [0.25, 0.3) is 5.91 Å². The molecule has 6 aromatic carbocycles. The predicted octanol–water partition coefficient (Wildman–Crippen LogP) is 1.55. The fraction of sp³-hybridized carbons (Fsp3) is 0.458. The number of likely N-dealkylation sites (N-methyl/N-ethyl adjacent to an activating group) is 1. The minimum atomic E-state index is -4.91. The maximum Gasteiger partial charge on any atom is 0.573 e. The second-order valence-electron chi connectivity index (χ2n) is 32.6. The SMILES string of the molecule is CCNNC(=O)[C@@H]1NC(=O)[C@H]2NC(=O)[C@H](NC(=O)[C@@H]3NC(=O)C4(C[C@H]4C(N)=O)NC(=O)[C@H](NC(=O)[C@@H](CC(C)C)NC)[C@H](O)c4ccc(c(Cl)c4)Oc4cc3cc(c4O[C@@H]3O[C@H](CO)[C@@H](O)[C@H](O)[C@H]3O[C@H]3C[C@](C)(NCCN4CCN(NC(=O)Nc5ccc(OC(F)(F)F)cc5)CC4)[C@H](O)[C@H](C)O3)Oc3ccc(cc3Cl)[C@H]2O)c2ccc(O)c(c2)-c2c(O)cc(O)cc21. The Morgan fingerprint density at radius 2 is 1.37 bits per heavy atom. The first-order chi connectivity index (χ1) is 60.7. The van der Waals surface area contributed by atoms with Crippen LogP contribution in [0.25, 0.3) is 11.1 Å². The number of phenolic OH excluding ortho intramolecular Hbond substituents is 3. The molecule has 4 fully saturated rings. The zero-order chi connectivity index (χ0) is 92.4. The highest BCUT2D eigenvalue weighted by Gasteiger charge is 2.65. The Morgan fingerprint density at radius 3 is 1.98 bits per heavy atom. The van der Waals surface area contributed by atoms with E-state index in [9.17, 15) is 78.3 Å². The van der Waals surface area contributed by atoms with Crippen LogP contribution in [0.5, 0.6) is 51.7 Å². The number of hydrogen-bond donors (Lipinski definition) is 22. The quantitative estimate of drug-likeness (QED) is 0.0455. The average molecular weight is 1830 g/mol. The summed E-state index contributed by atoms with van der Waals surface area (Å²) in [6.45, 7) is 9.70. The Hall–Kier alpha value is -11.2. The van der Waals surface area contributed by atoms with E-state index in [-0.39, 0.29) is 65.0 Å². The van der Waals surface area contributed by atoms with Crippen molar-refractivity contribution in [1.82, 2.24) is 68.7 Å². The predicted molar refractivity (Wildman–Crippen MR) is 443 cm³/mol. The molecule has 690 valence electrons. The number of carbonyl (C=O) groups is 9. The summed E-state index contributed by atoms with van der Waals surface area (Å²) >= 11 is 14.4. The number of halogens is 5. The third-order valence-corrected chi connectivity index (χ3v) is 23.7. The van der Waals surface area contributed by atoms with E-state index in [1.807, 2.05) is 13.8 Å². The van der Waals surface area contributed by atoms with Gasteiger partial charge in [-0.25, -0.2) is 15.2 Å². The van der Waals surface area contributed by atoms with Crippen molar-refractivity contribution in [2.24, 2.45) is 17.6 Å². The van der Waals surface area contributed by atoms with Gasteiger partial charge in [-0.15, -0.1) is 13.2 Å². The molecule has 8 aliphatic heterocycles. The van der Waals surface area contributed by atoms with Gasteiger partial charge in [0, 0.05) is 80.7 Å². The number of ether oxygens (including phenoxy) is 7. The van der Waals surface area contributed by atoms with E-state index in [4.69, 9.17) is 57.4 Å². The van der Waals surface area contributed by atoms with Crippen LogP contribution in [-0.4, -0.2) is 253 Å². The van der Waals surface area contributed by atoms with Crippen molar-refractivity contribution in [3.63, 3.8) is 0 Å². The number of benzene rings is 6. The Balaban J connectivity index is 0.912. The molecule has 9 aliphatic rings. The first-order valence-electron chi connectivity index (χ1n) is 40.8. The Bertz CT molecular complexity index is 5200. The number of nitrogens with zero attached hydrogens (tertiary/aromatic N) is 2. The van der Waals surface area contributed by atoms with Gasteiger partial charge in [0.2, 0.25) is 53.4 Å². The molecular formula is C83H98Cl2F3N15O25. The third-order valence-electron chi connectivity index (χ3n) is 23.1. The number of aromatic hydroxyl groups is 3. The number of hydrazine groups is 2. The van der Waals surface area contributed by atoms with Crippen LogP contribution < -0.4 is 88.8 Å². The Labute approximate surface area is 738 Å². The molecule has 1 spiro atoms. The molecule has 15 rings (SSSR count). The number of urea groups is 1. The lowest BCUT2D eigenvalue weighted by Crippen LogP contribution is -2.66. The number of amides is 10. The monoisotopic (exact) mass is 1830 g/mol. The number of nitrogens with two attached hydrogens (primary N) is 1. The van der Waals surface area contributed by atoms with Crippen LogP contribution in [0.4, 0.5) is 23.7 Å². The number of nitrogens with one attached hydrogen (secondary N) is 12. The molecule has 1 unspecified atom stereocenters. The molecule has 1 saturated carbocycles. The molecule has 128 heavy (non-hydrogen) atoms. The normalized spacial score (nSPS) is 28.2. The van der Waals surface area contributed by atoms with Crippen molar-refractivity contribution >= 4 is 82.2 Å². The van der Waals surface area contributed by atoms with E-state index in [1.54, 1.807) is 18.9 Å². The highest BCUT2D eigenvalue weighted by atomic mass is 35.5. The van der Waals surface area contributed by atoms with E-state index in [0.29, 0.717) is 32.7 Å². The number of hydrogen-bond acceptors (Lipinski definition) is 30. The summed E-state index contributed by atoms with van der Waals surface area (Å²) in [5.74, 6) is -17.0. The number of fused-ring (bicyclic) bond motifs is 13. The van der Waals surface area contributed by atoms with Gasteiger partial charge in [0.05, 0.1) is 40.8 Å². The summed E-state index contributed by atoms with van der Waals surface area (Å²) in [6.07, 6.45) is -23.5. The van der Waals surface area contributed by atoms with Gasteiger partial charge in [0.1, 0.15) is 101 Å². The number of rotatable bonds is 21. The Kier molecular flexibility index (Phi) is 28.7. The zero-order valence-electron chi connectivity index (χ0n) is 69.4. The fourth-order valence-electron chi connectivity index (χ4n) is 16.2. The van der Waals surface area contributed by atoms with E-state index < -0.39 is 261 Å². The van der Waals surface area contributed by atoms with E-state index in [2.05, 4.69) is 73.8 Å². The molecular weight excluding hydrogens is 1730 g/mol. The lowest BCUT2D eigenvalue weighted by atomic mass is 9.85. The summed E-state index contributed by atoms with van der Waals surface area (Å²) in [5.41, 5.74) is 7.62. The number of aliphatic hydroxyl groups is 6. The van der Waals surface area contributed by atoms with Gasteiger partial charge in [-0.05, 0) is 146 Å². The van der Waals surface area contributed by atoms with Gasteiger partial charge >= 0.3 is 12.4 Å². The molecule has 6 aromatic rings. The molecule has 45 heteroatoms. The molecule has 1 aliphatic carbocycles. The molecule has 10 amide bonds. The third kappa shape index (κ3) is 20.9. The molecule has 0 radical (unpaired) electrons. The number of aliphatic hydroxyl groups excluding tert-OH is 6. The number of carbonyl (C=O) groups excluding carboxylic acids is 9. The van der Waals surface area contributed by atoms with Gasteiger partial charge in [0.15, 0.2) is 23.9 Å². The average Bonchev–Trinajstić information content (AvgIpc) is 1.54. The molecule has 0 aromatic heterocycles. The van der Waals surface area contributed by atoms with Crippen LogP contribution in [0.2, 0.25) is 10.0 Å². The summed E-state index contributed by atoms with van der Waals surface area (Å²) in [4.78, 5) is 136. The summed E-state index contributed by atoms with van der Waals surface area (Å²) in [5, 5.41) is 132. The lowest BCUT2D eigenvalue weighted by molar-refractivity contribution is -0.334. The molecule has 3 saturated heterocycles. The number of primary amides is 1. The second kappa shape index (κ2) is 39.0. The summed E-state index contributed by atoms with van der Waals surface area (Å²) < 4.78 is 81.8. The van der Waals surface area contributed by atoms with Crippen LogP contribution in [0.1, 0.15) is 112 Å². The first kappa shape index (κ1) is 94.4. The zero-order valence-corrected chi connectivity index (χ0v) is 70.9. The number of anilines is 1. The standard InChI is InChI=1S/C83H98Cl2F3N15O25/c1-7-92-100-77(119)61-45-30-42(105)31-51(107)58(45)44-25-37(8-15-50(44)106)59-73(115)97-62(75(117)95-61)64(108)38-9-16-52(47(84)26-38)123-54-28-40-29-55(124-53-17-10-39(27-48(53)85)65(109)63(96-72(114)49(90-6)24-35(2)3)76(118)99-82(32-46(82)71(89)113)79(120)98-60(40)74(116)94-59)68(54)127-78-69(67(111)66(110)56(34-104)125-78)126-57-33-81(5,70(112)36(4)122-57)91-18-19-102-20-22-103(23-21-102)101-80(121)93-41-11-13-43(14-12-41)128-83(86,87)88/h8-17,25-31,35-36,46,49,56-57,59-67,69-70,78,90-92,104-112H,7,18-24,32-34H2,1-6H3,(H2,89,113)(H,94,116)(H,95,117)(H,96,114)(H,97,115)(H,98,120)(H,99,118)(H,100,119)(H2,93,101,121)/t36-,46-,49+,56+,57-,59+,60+,61+,62-,63+,64+,65+,66+,67-,69+,70+,78-,81-,82?/m0/s1. The van der Waals surface area contributed by atoms with E-state index in [0.717, 1.165) is 72.8 Å². The van der Waals surface area contributed by atoms with Gasteiger partial charge in [-0.1, -0.05) is 62.2 Å². The number of alkyl halides is 3. The minimum Gasteiger partial charge on any atom is -0.508 e. The smallest absolute Gasteiger partial charge is 0.508 e. The fourth-order valence-corrected chi connectivity index (χ4v) is 16.7. The van der Waals surface area contributed by atoms with Crippen LogP contribution in [0.15, 0.2) is 103 Å². The van der Waals surface area contributed by atoms with Gasteiger partial charge in [-0.2, -0.15) is 0 Å². The first-order valence-corrected chi connectivity index (χ1v) is 41.6. The van der Waals surface area contributed by atoms with Crippen molar-refractivity contribution in [2.45, 2.75) is 169 Å². The maximum atomic E-state index is 16.4. The van der Waals surface area contributed by atoms with Crippen LogP contribution >= 0.6 is 23.2 Å². The lowest BCUT2D eigenvalue weighted by Gasteiger charge is -2.48. The van der Waals surface area contributed by atoms with Crippen molar-refractivity contribution in [1.29, 1.82) is 0 Å². The molecule has 19 atom stereocenters. The maximum absolute atomic E-state index is 16.4. The van der Waals surface area contributed by atoms with Crippen molar-refractivity contribution in [3.05, 3.63) is 141 Å². The summed E-state index contributed by atoms with van der Waals surface area (Å²) in [6, 6.07) is 6.08. The highest BCUT2D eigenvalue weighted by molar-refractivity contribution is 6.32. The molecule has 40 nitrogen and oxygen atoms in total. The van der Waals surface area contributed by atoms with Gasteiger partial charge in [-0.3, -0.25) is 54.1 Å². The number of piperazine rings is 1. The molecule has 11 bridgehead atoms. The van der Waals surface area contributed by atoms with E-state index >= 15 is 24.0 Å². The Morgan fingerprint density at radius 1 is 0.727 bits per heavy atom. The van der Waals surface area contributed by atoms with Crippen LogP contribution in [0, 0.1) is 11.8 Å². The molecule has 23 N–H and O–H groups in total. The van der Waals surface area contributed by atoms with E-state index in [1.165, 1.54) is 44.3 Å². The van der Waals surface area contributed by atoms with Crippen molar-refractivity contribution in [3.8, 4) is 62.9 Å². The molecule has 8 heterocycles. The van der Waals surface area contributed by atoms with Crippen LogP contribution in [0.3, 0.4) is 0 Å².